The van der Waals surface area contributed by atoms with Gasteiger partial charge in [0, 0.05) is 42.4 Å². The normalized spacial score (nSPS) is 30.9. The highest BCUT2D eigenvalue weighted by Crippen LogP contribution is 2.61. The first-order valence-electron chi connectivity index (χ1n) is 24.2. The summed E-state index contributed by atoms with van der Waals surface area (Å²) in [7, 11) is 0. The Balaban J connectivity index is 0.869. The molecule has 65 heavy (non-hydrogen) atoms. The minimum Gasteiger partial charge on any atom is -0.460 e. The van der Waals surface area contributed by atoms with Crippen molar-refractivity contribution in [2.45, 2.75) is 173 Å². The molecule has 12 heteroatoms. The highest BCUT2D eigenvalue weighted by Gasteiger charge is 2.64. The molecule has 6 fully saturated rings. The van der Waals surface area contributed by atoms with Crippen LogP contribution in [0.1, 0.15) is 150 Å². The van der Waals surface area contributed by atoms with Gasteiger partial charge in [-0.1, -0.05) is 49.8 Å². The summed E-state index contributed by atoms with van der Waals surface area (Å²) in [5.41, 5.74) is 4.06. The largest absolute Gasteiger partial charge is 0.460 e. The molecule has 2 heterocycles. The van der Waals surface area contributed by atoms with E-state index in [0.29, 0.717) is 45.6 Å². The van der Waals surface area contributed by atoms with Gasteiger partial charge in [0.15, 0.2) is 5.79 Å². The molecule has 7 aliphatic rings. The molecule has 2 aliphatic heterocycles. The lowest BCUT2D eigenvalue weighted by molar-refractivity contribution is -0.209. The molecule has 0 bridgehead atoms. The van der Waals surface area contributed by atoms with Gasteiger partial charge in [0.2, 0.25) is 5.91 Å². The number of esters is 2. The number of aliphatic hydroxyl groups is 1. The van der Waals surface area contributed by atoms with E-state index in [1.165, 1.54) is 18.4 Å². The van der Waals surface area contributed by atoms with E-state index in [-0.39, 0.29) is 55.8 Å². The van der Waals surface area contributed by atoms with Gasteiger partial charge < -0.3 is 39.4 Å². The summed E-state index contributed by atoms with van der Waals surface area (Å²) in [6.45, 7) is 12.2. The number of nitrogens with one attached hydrogen (secondary N) is 2. The summed E-state index contributed by atoms with van der Waals surface area (Å²) in [5, 5.41) is 15.7. The lowest BCUT2D eigenvalue weighted by Crippen LogP contribution is -2.45. The third-order valence-electron chi connectivity index (χ3n) is 15.1. The second-order valence-electron chi connectivity index (χ2n) is 21.9. The van der Waals surface area contributed by atoms with Crippen molar-refractivity contribution in [2.24, 2.45) is 29.1 Å². The Morgan fingerprint density at radius 1 is 0.908 bits per heavy atom. The summed E-state index contributed by atoms with van der Waals surface area (Å²) in [6, 6.07) is 14.0. The number of ether oxygens (including phenoxy) is 5. The minimum absolute atomic E-state index is 0.0139. The van der Waals surface area contributed by atoms with E-state index in [9.17, 15) is 24.3 Å². The zero-order valence-corrected chi connectivity index (χ0v) is 39.0. The Hall–Kier alpha value is -4.36. The van der Waals surface area contributed by atoms with E-state index >= 15 is 0 Å². The Bertz CT molecular complexity index is 2220. The van der Waals surface area contributed by atoms with Gasteiger partial charge in [0.1, 0.15) is 23.9 Å². The number of rotatable bonds is 14. The van der Waals surface area contributed by atoms with E-state index in [4.69, 9.17) is 23.7 Å². The summed E-state index contributed by atoms with van der Waals surface area (Å²) in [4.78, 5) is 53.6. The minimum atomic E-state index is -0.748. The molecule has 350 valence electrons. The van der Waals surface area contributed by atoms with E-state index in [2.05, 4.69) is 43.5 Å². The number of allylic oxidation sites excluding steroid dienone is 1. The van der Waals surface area contributed by atoms with Crippen molar-refractivity contribution in [2.75, 3.05) is 6.61 Å². The number of amides is 2. The number of hydrogen-bond donors (Lipinski definition) is 3. The average molecular weight is 893 g/mol. The zero-order valence-electron chi connectivity index (χ0n) is 39.0. The number of aliphatic hydroxyl groups excluding tert-OH is 1. The van der Waals surface area contributed by atoms with Crippen LogP contribution in [0.3, 0.4) is 0 Å². The second-order valence-corrected chi connectivity index (χ2v) is 21.9. The molecule has 3 N–H and O–H groups in total. The van der Waals surface area contributed by atoms with Gasteiger partial charge >= 0.3 is 11.9 Å². The van der Waals surface area contributed by atoms with Crippen molar-refractivity contribution in [3.63, 3.8) is 0 Å². The van der Waals surface area contributed by atoms with Crippen LogP contribution in [-0.2, 0) is 39.8 Å². The van der Waals surface area contributed by atoms with Gasteiger partial charge in [0.05, 0.1) is 29.9 Å². The second kappa shape index (κ2) is 17.7. The van der Waals surface area contributed by atoms with Crippen LogP contribution in [0, 0.1) is 29.1 Å². The molecule has 2 aromatic rings. The van der Waals surface area contributed by atoms with Crippen molar-refractivity contribution in [3.8, 4) is 0 Å². The number of carbonyl (C=O) groups is 4. The first-order valence-corrected chi connectivity index (χ1v) is 24.2. The summed E-state index contributed by atoms with van der Waals surface area (Å²) in [5.74, 6) is -0.606. The van der Waals surface area contributed by atoms with Crippen LogP contribution in [0.25, 0.3) is 6.08 Å². The number of fused-ring (bicyclic) bond motifs is 3. The highest BCUT2D eigenvalue weighted by molar-refractivity contribution is 5.95. The van der Waals surface area contributed by atoms with Crippen LogP contribution in [0.2, 0.25) is 0 Å². The Morgan fingerprint density at radius 2 is 1.65 bits per heavy atom. The summed E-state index contributed by atoms with van der Waals surface area (Å²) < 4.78 is 31.6. The molecule has 4 saturated carbocycles. The third kappa shape index (κ3) is 10.2. The van der Waals surface area contributed by atoms with Crippen molar-refractivity contribution in [1.29, 1.82) is 0 Å². The number of benzene rings is 2. The molecule has 9 rings (SSSR count). The zero-order chi connectivity index (χ0) is 45.9. The number of epoxide rings is 1. The van der Waals surface area contributed by atoms with Gasteiger partial charge in [-0.05, 0) is 151 Å². The monoisotopic (exact) mass is 892 g/mol. The molecule has 8 unspecified atom stereocenters. The fraction of sp³-hybridized carbons (Fsp3) is 0.623. The van der Waals surface area contributed by atoms with Crippen molar-refractivity contribution in [1.82, 2.24) is 10.6 Å². The molecule has 12 nitrogen and oxygen atoms in total. The van der Waals surface area contributed by atoms with Crippen molar-refractivity contribution >= 4 is 29.8 Å². The SMILES string of the molecule is CC(C)(C)OC(=O)CCC(CO)NC(=O)c1cccc(CNC(=O)C2=CC3OC(C4CC4)(C4CC4)OC3C(OC(=O)c3cccc(C=C4CCC5OC5(C)CCC5C4CC5(C)C)c3)C2)c1. The Morgan fingerprint density at radius 3 is 2.35 bits per heavy atom. The lowest BCUT2D eigenvalue weighted by atomic mass is 9.52. The van der Waals surface area contributed by atoms with Gasteiger partial charge in [-0.15, -0.1) is 0 Å². The van der Waals surface area contributed by atoms with E-state index in [1.807, 2.05) is 24.3 Å². The predicted octanol–water partition coefficient (Wildman–Crippen LogP) is 8.15. The Kier molecular flexibility index (Phi) is 12.5. The highest BCUT2D eigenvalue weighted by atomic mass is 16.8. The molecule has 2 saturated heterocycles. The average Bonchev–Trinajstić information content (AvgIpc) is 4.18. The maximum atomic E-state index is 14.2. The van der Waals surface area contributed by atoms with Crippen molar-refractivity contribution < 1.29 is 48.0 Å². The molecular weight excluding hydrogens is 825 g/mol. The molecule has 2 amide bonds. The topological polar surface area (TPSA) is 162 Å². The predicted molar refractivity (Wildman–Crippen MR) is 243 cm³/mol. The standard InChI is InChI=1S/C53H68N2O10/c1-50(2,3)64-45(57)20-18-39(30-56)55-48(59)34-11-8-10-32(25-34)29-54-47(58)36-26-42(46-43(27-36)62-53(65-46,37-14-15-37)38-16-17-38)61-49(60)35-12-7-9-31(24-35)23-33-13-19-44-52(6,63-44)22-21-41-40(33)28-51(41,4)5/h7-12,23-25,27,37-44,46,56H,13-22,26,28-30H2,1-6H3,(H,54,58)(H,55,59). The van der Waals surface area contributed by atoms with Crippen LogP contribution < -0.4 is 10.6 Å². The molecule has 0 spiro atoms. The maximum Gasteiger partial charge on any atom is 0.338 e. The molecule has 8 atom stereocenters. The van der Waals surface area contributed by atoms with Gasteiger partial charge in [-0.25, -0.2) is 4.79 Å². The molecule has 5 aliphatic carbocycles. The summed E-state index contributed by atoms with van der Waals surface area (Å²) >= 11 is 0. The maximum absolute atomic E-state index is 14.2. The first-order chi connectivity index (χ1) is 30.9. The number of carbonyl (C=O) groups excluding carboxylic acids is 4. The van der Waals surface area contributed by atoms with E-state index < -0.39 is 53.6 Å². The van der Waals surface area contributed by atoms with E-state index in [1.54, 1.807) is 45.0 Å². The van der Waals surface area contributed by atoms with Gasteiger partial charge in [-0.2, -0.15) is 0 Å². The van der Waals surface area contributed by atoms with Crippen LogP contribution in [0.15, 0.2) is 65.8 Å². The first kappa shape index (κ1) is 45.8. The number of hydrogen-bond acceptors (Lipinski definition) is 10. The molecule has 2 aromatic carbocycles. The quantitative estimate of drug-likeness (QED) is 0.125. The van der Waals surface area contributed by atoms with Gasteiger partial charge in [0.25, 0.3) is 5.91 Å². The van der Waals surface area contributed by atoms with Crippen LogP contribution in [0.5, 0.6) is 0 Å². The van der Waals surface area contributed by atoms with Crippen LogP contribution in [-0.4, -0.2) is 82.9 Å². The van der Waals surface area contributed by atoms with E-state index in [0.717, 1.165) is 50.5 Å². The smallest absolute Gasteiger partial charge is 0.338 e. The van der Waals surface area contributed by atoms with Crippen molar-refractivity contribution in [3.05, 3.63) is 88.0 Å². The fourth-order valence-corrected chi connectivity index (χ4v) is 11.2. The van der Waals surface area contributed by atoms with Gasteiger partial charge in [-0.3, -0.25) is 14.4 Å². The summed E-state index contributed by atoms with van der Waals surface area (Å²) in [6.07, 6.45) is 12.6. The van der Waals surface area contributed by atoms with Crippen LogP contribution >= 0.6 is 0 Å². The lowest BCUT2D eigenvalue weighted by Gasteiger charge is -2.53. The van der Waals surface area contributed by atoms with Crippen LogP contribution in [0.4, 0.5) is 0 Å². The molecular formula is C53H68N2O10. The third-order valence-corrected chi connectivity index (χ3v) is 15.1. The Labute approximate surface area is 383 Å². The molecule has 0 aromatic heterocycles. The molecule has 0 radical (unpaired) electrons. The fourth-order valence-electron chi connectivity index (χ4n) is 11.2.